The molecule has 23 heavy (non-hydrogen) atoms. The monoisotopic (exact) mass is 328 g/mol. The molecule has 0 fully saturated rings. The molecular weight excluding hydrogens is 317 g/mol. The molecule has 0 saturated carbocycles. The number of nitrogens with one attached hydrogen (secondary N) is 1. The quantitative estimate of drug-likeness (QED) is 0.672. The maximum atomic E-state index is 12.6. The molecule has 7 nitrogen and oxygen atoms in total. The van der Waals surface area contributed by atoms with Crippen LogP contribution in [0.2, 0.25) is 0 Å². The van der Waals surface area contributed by atoms with Crippen LogP contribution in [-0.4, -0.2) is 20.6 Å². The molecule has 0 unspecified atom stereocenters. The summed E-state index contributed by atoms with van der Waals surface area (Å²) >= 11 is 0. The summed E-state index contributed by atoms with van der Waals surface area (Å²) in [6.07, 6.45) is -3.18. The highest BCUT2D eigenvalue weighted by atomic mass is 19.4. The van der Waals surface area contributed by atoms with Gasteiger partial charge in [0.05, 0.1) is 22.9 Å². The second-order valence-electron chi connectivity index (χ2n) is 4.60. The number of benzene rings is 1. The predicted octanol–water partition coefficient (Wildman–Crippen LogP) is 2.13. The molecule has 1 heterocycles. The van der Waals surface area contributed by atoms with Gasteiger partial charge in [-0.15, -0.1) is 0 Å². The largest absolute Gasteiger partial charge is 0.416 e. The van der Waals surface area contributed by atoms with Crippen LogP contribution in [0, 0.1) is 10.1 Å². The summed E-state index contributed by atoms with van der Waals surface area (Å²) in [5.74, 6) is -0.920. The van der Waals surface area contributed by atoms with Crippen LogP contribution in [0.5, 0.6) is 0 Å². The average molecular weight is 328 g/mol. The number of carbonyl (C=O) groups excluding carboxylic acids is 1. The van der Waals surface area contributed by atoms with Crippen molar-refractivity contribution in [2.24, 2.45) is 0 Å². The standard InChI is InChI=1S/C13H11F3N4O3/c14-13(15,16)10-3-1-2-9(6-10)7-17-12(21)8-19-5-4-11(18-19)20(22)23/h1-6H,7-8H2,(H,17,21). The Morgan fingerprint density at radius 3 is 2.70 bits per heavy atom. The second kappa shape index (κ2) is 6.46. The molecule has 0 bridgehead atoms. The number of alkyl halides is 3. The van der Waals surface area contributed by atoms with Crippen molar-refractivity contribution in [3.05, 3.63) is 57.8 Å². The van der Waals surface area contributed by atoms with Gasteiger partial charge in [0.1, 0.15) is 6.54 Å². The number of carbonyl (C=O) groups is 1. The van der Waals surface area contributed by atoms with Gasteiger partial charge in [0.25, 0.3) is 0 Å². The van der Waals surface area contributed by atoms with Gasteiger partial charge in [-0.05, 0) is 22.6 Å². The lowest BCUT2D eigenvalue weighted by atomic mass is 10.1. The third kappa shape index (κ3) is 4.53. The summed E-state index contributed by atoms with van der Waals surface area (Å²) in [5, 5.41) is 16.4. The van der Waals surface area contributed by atoms with Crippen molar-refractivity contribution in [1.82, 2.24) is 15.1 Å². The van der Waals surface area contributed by atoms with E-state index in [0.29, 0.717) is 5.56 Å². The minimum Gasteiger partial charge on any atom is -0.358 e. The predicted molar refractivity (Wildman–Crippen MR) is 72.2 cm³/mol. The zero-order valence-corrected chi connectivity index (χ0v) is 11.6. The van der Waals surface area contributed by atoms with Crippen molar-refractivity contribution < 1.29 is 22.9 Å². The van der Waals surface area contributed by atoms with E-state index in [-0.39, 0.29) is 13.1 Å². The summed E-state index contributed by atoms with van der Waals surface area (Å²) in [7, 11) is 0. The normalized spacial score (nSPS) is 11.3. The fourth-order valence-corrected chi connectivity index (χ4v) is 1.80. The number of aromatic nitrogens is 2. The van der Waals surface area contributed by atoms with Gasteiger partial charge in [0.2, 0.25) is 5.91 Å². The lowest BCUT2D eigenvalue weighted by molar-refractivity contribution is -0.389. The van der Waals surface area contributed by atoms with Crippen LogP contribution in [0.25, 0.3) is 0 Å². The minimum atomic E-state index is -4.45. The number of halogens is 3. The zero-order valence-electron chi connectivity index (χ0n) is 11.6. The first-order valence-corrected chi connectivity index (χ1v) is 6.36. The zero-order chi connectivity index (χ0) is 17.0. The van der Waals surface area contributed by atoms with E-state index in [1.165, 1.54) is 18.3 Å². The van der Waals surface area contributed by atoms with E-state index in [2.05, 4.69) is 10.4 Å². The second-order valence-corrected chi connectivity index (χ2v) is 4.60. The van der Waals surface area contributed by atoms with Gasteiger partial charge in [0, 0.05) is 6.54 Å². The Hall–Kier alpha value is -2.91. The van der Waals surface area contributed by atoms with Gasteiger partial charge < -0.3 is 15.4 Å². The lowest BCUT2D eigenvalue weighted by Crippen LogP contribution is -2.27. The number of nitrogens with zero attached hydrogens (tertiary/aromatic N) is 3. The van der Waals surface area contributed by atoms with Crippen LogP contribution >= 0.6 is 0 Å². The Morgan fingerprint density at radius 1 is 1.35 bits per heavy atom. The molecule has 0 spiro atoms. The highest BCUT2D eigenvalue weighted by Crippen LogP contribution is 2.29. The summed E-state index contributed by atoms with van der Waals surface area (Å²) in [5.41, 5.74) is -0.508. The Kier molecular flexibility index (Phi) is 4.63. The van der Waals surface area contributed by atoms with Crippen LogP contribution in [0.4, 0.5) is 19.0 Å². The van der Waals surface area contributed by atoms with Crippen molar-refractivity contribution in [2.45, 2.75) is 19.3 Å². The Morgan fingerprint density at radius 2 is 2.09 bits per heavy atom. The van der Waals surface area contributed by atoms with Gasteiger partial charge in [-0.25, -0.2) is 0 Å². The number of hydrogen-bond donors (Lipinski definition) is 1. The number of nitro groups is 1. The van der Waals surface area contributed by atoms with Crippen molar-refractivity contribution in [1.29, 1.82) is 0 Å². The van der Waals surface area contributed by atoms with Crippen molar-refractivity contribution in [2.75, 3.05) is 0 Å². The van der Waals surface area contributed by atoms with E-state index < -0.39 is 28.4 Å². The van der Waals surface area contributed by atoms with Crippen molar-refractivity contribution in [3.8, 4) is 0 Å². The third-order valence-electron chi connectivity index (χ3n) is 2.86. The molecule has 10 heteroatoms. The Labute approximate surface area is 127 Å². The molecule has 0 aliphatic carbocycles. The van der Waals surface area contributed by atoms with Crippen LogP contribution in [0.3, 0.4) is 0 Å². The maximum Gasteiger partial charge on any atom is 0.416 e. The van der Waals surface area contributed by atoms with Gasteiger partial charge in [-0.3, -0.25) is 4.79 Å². The van der Waals surface area contributed by atoms with Gasteiger partial charge in [-0.2, -0.15) is 17.9 Å². The van der Waals surface area contributed by atoms with E-state index in [4.69, 9.17) is 0 Å². The maximum absolute atomic E-state index is 12.6. The van der Waals surface area contributed by atoms with E-state index in [1.807, 2.05) is 0 Å². The summed E-state index contributed by atoms with van der Waals surface area (Å²) < 4.78 is 38.8. The van der Waals surface area contributed by atoms with Crippen LogP contribution in [0.1, 0.15) is 11.1 Å². The van der Waals surface area contributed by atoms with Gasteiger partial charge in [-0.1, -0.05) is 12.1 Å². The molecule has 1 aromatic heterocycles. The van der Waals surface area contributed by atoms with Crippen molar-refractivity contribution >= 4 is 11.7 Å². The fraction of sp³-hybridized carbons (Fsp3) is 0.231. The Balaban J connectivity index is 1.92. The average Bonchev–Trinajstić information content (AvgIpc) is 2.93. The number of rotatable bonds is 5. The van der Waals surface area contributed by atoms with E-state index >= 15 is 0 Å². The first-order valence-electron chi connectivity index (χ1n) is 6.36. The van der Waals surface area contributed by atoms with E-state index in [0.717, 1.165) is 22.9 Å². The summed E-state index contributed by atoms with van der Waals surface area (Å²) in [6.45, 7) is -0.362. The molecule has 122 valence electrons. The molecule has 0 atom stereocenters. The van der Waals surface area contributed by atoms with Crippen LogP contribution < -0.4 is 5.32 Å². The molecule has 1 aromatic carbocycles. The van der Waals surface area contributed by atoms with E-state index in [9.17, 15) is 28.1 Å². The lowest BCUT2D eigenvalue weighted by Gasteiger charge is -2.09. The highest BCUT2D eigenvalue weighted by molar-refractivity contribution is 5.75. The van der Waals surface area contributed by atoms with Gasteiger partial charge >= 0.3 is 12.0 Å². The number of amides is 1. The van der Waals surface area contributed by atoms with E-state index in [1.54, 1.807) is 0 Å². The molecule has 0 saturated heterocycles. The third-order valence-corrected chi connectivity index (χ3v) is 2.86. The van der Waals surface area contributed by atoms with Crippen LogP contribution in [-0.2, 0) is 24.1 Å². The highest BCUT2D eigenvalue weighted by Gasteiger charge is 2.30. The molecule has 0 aliphatic heterocycles. The van der Waals surface area contributed by atoms with Crippen LogP contribution in [0.15, 0.2) is 36.5 Å². The molecule has 2 rings (SSSR count). The molecule has 1 N–H and O–H groups in total. The SMILES string of the molecule is O=C(Cn1ccc([N+](=O)[O-])n1)NCc1cccc(C(F)(F)F)c1. The topological polar surface area (TPSA) is 90.1 Å². The van der Waals surface area contributed by atoms with Gasteiger partial charge in [0.15, 0.2) is 0 Å². The van der Waals surface area contributed by atoms with Crippen molar-refractivity contribution in [3.63, 3.8) is 0 Å². The molecule has 1 amide bonds. The molecule has 2 aromatic rings. The summed E-state index contributed by atoms with van der Waals surface area (Å²) in [6, 6.07) is 5.72. The Bertz CT molecular complexity index is 727. The number of hydrogen-bond acceptors (Lipinski definition) is 4. The first kappa shape index (κ1) is 16.5. The molecule has 0 radical (unpaired) electrons. The first-order chi connectivity index (χ1) is 10.8. The summed E-state index contributed by atoms with van der Waals surface area (Å²) in [4.78, 5) is 21.4. The smallest absolute Gasteiger partial charge is 0.358 e. The molecular formula is C13H11F3N4O3. The molecule has 0 aliphatic rings. The fourth-order valence-electron chi connectivity index (χ4n) is 1.80. The minimum absolute atomic E-state index is 0.0912.